The molecule has 0 fully saturated rings. The number of benzene rings is 7. The predicted octanol–water partition coefficient (Wildman–Crippen LogP) is 15.5. The van der Waals surface area contributed by atoms with Crippen LogP contribution in [0.5, 0.6) is 0 Å². The quantitative estimate of drug-likeness (QED) is 0.164. The Bertz CT molecular complexity index is 3500. The van der Waals surface area contributed by atoms with Crippen molar-refractivity contribution in [2.45, 2.75) is 66.2 Å². The molecule has 2 aliphatic rings. The fourth-order valence-electron chi connectivity index (χ4n) is 10.5. The van der Waals surface area contributed by atoms with Gasteiger partial charge in [-0.15, -0.1) is 22.7 Å². The third-order valence-corrected chi connectivity index (χ3v) is 15.7. The van der Waals surface area contributed by atoms with Crippen molar-refractivity contribution in [2.75, 3.05) is 9.80 Å². The Kier molecular flexibility index (Phi) is 8.64. The number of nitrogens with zero attached hydrogens (tertiary/aromatic N) is 2. The fraction of sp³-hybridized carbons (Fsp3) is 0.172. The van der Waals surface area contributed by atoms with Crippen molar-refractivity contribution in [2.24, 2.45) is 0 Å². The highest BCUT2D eigenvalue weighted by molar-refractivity contribution is 7.18. The van der Waals surface area contributed by atoms with Crippen LogP contribution in [0.1, 0.15) is 63.8 Å². The molecule has 64 heavy (non-hydrogen) atoms. The number of thiophene rings is 2. The second-order valence-corrected chi connectivity index (χ2v) is 21.7. The van der Waals surface area contributed by atoms with Crippen LogP contribution in [0.15, 0.2) is 155 Å². The molecule has 0 saturated carbocycles. The van der Waals surface area contributed by atoms with Gasteiger partial charge in [0.15, 0.2) is 0 Å². The summed E-state index contributed by atoms with van der Waals surface area (Å²) in [6.07, 6.45) is 0. The van der Waals surface area contributed by atoms with Gasteiger partial charge in [0.25, 0.3) is 6.71 Å². The molecule has 12 rings (SSSR count). The third kappa shape index (κ3) is 5.92. The summed E-state index contributed by atoms with van der Waals surface area (Å²) >= 11 is 3.63. The van der Waals surface area contributed by atoms with Crippen molar-refractivity contribution in [3.05, 3.63) is 173 Å². The van der Waals surface area contributed by atoms with E-state index in [-0.39, 0.29) is 17.5 Å². The van der Waals surface area contributed by atoms with Gasteiger partial charge in [-0.3, -0.25) is 0 Å². The van der Waals surface area contributed by atoms with Crippen LogP contribution in [0.3, 0.4) is 0 Å². The van der Waals surface area contributed by atoms with E-state index >= 15 is 0 Å². The van der Waals surface area contributed by atoms with Crippen molar-refractivity contribution in [3.63, 3.8) is 0 Å². The summed E-state index contributed by atoms with van der Waals surface area (Å²) in [6, 6.07) is 52.5. The van der Waals surface area contributed by atoms with Gasteiger partial charge < -0.3 is 14.2 Å². The molecule has 0 unspecified atom stereocenters. The lowest BCUT2D eigenvalue weighted by Gasteiger charge is -2.43. The van der Waals surface area contributed by atoms with E-state index in [1.807, 2.05) is 22.7 Å². The molecule has 0 aliphatic carbocycles. The molecule has 0 atom stereocenters. The second kappa shape index (κ2) is 14.1. The summed E-state index contributed by atoms with van der Waals surface area (Å²) in [5.74, 6) is 0. The zero-order valence-electron chi connectivity index (χ0n) is 37.6. The van der Waals surface area contributed by atoms with Gasteiger partial charge in [-0.25, -0.2) is 0 Å². The van der Waals surface area contributed by atoms with Crippen LogP contribution in [0.2, 0.25) is 0 Å². The van der Waals surface area contributed by atoms with Gasteiger partial charge in [-0.05, 0) is 134 Å². The van der Waals surface area contributed by atoms with E-state index in [1.165, 1.54) is 98.4 Å². The molecule has 3 aromatic heterocycles. The second-order valence-electron chi connectivity index (χ2n) is 19.9. The number of hydrogen-bond donors (Lipinski definition) is 0. The van der Waals surface area contributed by atoms with Gasteiger partial charge in [0.1, 0.15) is 5.58 Å². The third-order valence-electron chi connectivity index (χ3n) is 13.7. The summed E-state index contributed by atoms with van der Waals surface area (Å²) in [5.41, 5.74) is 21.6. The number of rotatable bonds is 4. The largest absolute Gasteiger partial charge is 0.468 e. The minimum Gasteiger partial charge on any atom is -0.468 e. The lowest BCUT2D eigenvalue weighted by atomic mass is 9.35. The van der Waals surface area contributed by atoms with E-state index < -0.39 is 0 Å². The van der Waals surface area contributed by atoms with E-state index in [4.69, 9.17) is 4.42 Å². The Morgan fingerprint density at radius 1 is 0.500 bits per heavy atom. The van der Waals surface area contributed by atoms with E-state index in [2.05, 4.69) is 215 Å². The van der Waals surface area contributed by atoms with E-state index in [0.29, 0.717) is 0 Å². The average Bonchev–Trinajstić information content (AvgIpc) is 4.02. The van der Waals surface area contributed by atoms with Gasteiger partial charge in [0.2, 0.25) is 0 Å². The van der Waals surface area contributed by atoms with E-state index in [9.17, 15) is 0 Å². The van der Waals surface area contributed by atoms with Gasteiger partial charge in [-0.2, -0.15) is 0 Å². The Labute approximate surface area is 384 Å². The van der Waals surface area contributed by atoms with Crippen LogP contribution in [-0.2, 0) is 10.8 Å². The van der Waals surface area contributed by atoms with Gasteiger partial charge >= 0.3 is 0 Å². The number of aryl methyl sites for hydroxylation is 2. The molecule has 0 radical (unpaired) electrons. The highest BCUT2D eigenvalue weighted by atomic mass is 32.1. The van der Waals surface area contributed by atoms with Crippen molar-refractivity contribution in [1.29, 1.82) is 0 Å². The first-order valence-electron chi connectivity index (χ1n) is 22.4. The standard InChI is InChI=1S/C58H49BN2OS2/c1-34-28-39(58(6,7)8)29-35(2)54(34)61-49-17-13-16-48-53(49)59(56-55(61)43-31-38(57(3,4)5)23-27-50(43)62-56)46-30-37(45-33-64-52-19-12-10-15-42(45)52)22-26-47(46)60(48)40-24-20-36(21-25-40)44-32-63-51-18-11-9-14-41(44)51/h9-33H,1-8H3. The molecular weight excluding hydrogens is 816 g/mol. The normalized spacial score (nSPS) is 13.5. The summed E-state index contributed by atoms with van der Waals surface area (Å²) in [4.78, 5) is 5.06. The van der Waals surface area contributed by atoms with Crippen LogP contribution in [0.25, 0.3) is 53.4 Å². The molecule has 10 aromatic rings. The highest BCUT2D eigenvalue weighted by Gasteiger charge is 2.47. The topological polar surface area (TPSA) is 19.6 Å². The monoisotopic (exact) mass is 864 g/mol. The molecule has 0 bridgehead atoms. The van der Waals surface area contributed by atoms with Crippen molar-refractivity contribution < 1.29 is 4.42 Å². The molecule has 312 valence electrons. The SMILES string of the molecule is Cc1cc(C(C)(C)C)cc(C)c1N1c2cccc3c2B(c2cc(-c4csc5ccccc45)ccc2N3c2ccc(-c3csc4ccccc34)cc2)c2oc3ccc(C(C)(C)C)cc3c21. The van der Waals surface area contributed by atoms with Gasteiger partial charge in [0.05, 0.1) is 17.0 Å². The molecule has 5 heterocycles. The Balaban J connectivity index is 1.14. The lowest BCUT2D eigenvalue weighted by molar-refractivity contribution is 0.589. The smallest absolute Gasteiger partial charge is 0.297 e. The zero-order valence-corrected chi connectivity index (χ0v) is 39.3. The first kappa shape index (κ1) is 39.3. The predicted molar refractivity (Wildman–Crippen MR) is 279 cm³/mol. The Hall–Kier alpha value is -6.34. The summed E-state index contributed by atoms with van der Waals surface area (Å²) in [7, 11) is 0. The minimum atomic E-state index is -0.148. The zero-order chi connectivity index (χ0) is 43.8. The number of furan rings is 1. The lowest BCUT2D eigenvalue weighted by Crippen LogP contribution is -2.61. The van der Waals surface area contributed by atoms with Crippen LogP contribution >= 0.6 is 22.7 Å². The minimum absolute atomic E-state index is 0.0177. The molecule has 7 aromatic carbocycles. The summed E-state index contributed by atoms with van der Waals surface area (Å²) < 4.78 is 9.96. The van der Waals surface area contributed by atoms with Crippen LogP contribution in [0.4, 0.5) is 34.1 Å². The first-order valence-corrected chi connectivity index (χ1v) is 24.2. The Morgan fingerprint density at radius 3 is 1.73 bits per heavy atom. The van der Waals surface area contributed by atoms with E-state index in [0.717, 1.165) is 28.0 Å². The Morgan fingerprint density at radius 2 is 1.09 bits per heavy atom. The first-order chi connectivity index (χ1) is 30.8. The summed E-state index contributed by atoms with van der Waals surface area (Å²) in [5, 5.41) is 8.37. The molecule has 0 spiro atoms. The maximum atomic E-state index is 7.35. The average molecular weight is 865 g/mol. The van der Waals surface area contributed by atoms with Crippen molar-refractivity contribution in [1.82, 2.24) is 0 Å². The molecule has 0 saturated heterocycles. The number of fused-ring (bicyclic) bond motifs is 8. The van der Waals surface area contributed by atoms with Crippen LogP contribution < -0.4 is 26.4 Å². The van der Waals surface area contributed by atoms with Crippen molar-refractivity contribution in [3.8, 4) is 22.3 Å². The van der Waals surface area contributed by atoms with Gasteiger partial charge in [-0.1, -0.05) is 126 Å². The molecular formula is C58H49BN2OS2. The maximum Gasteiger partial charge on any atom is 0.297 e. The molecule has 6 heteroatoms. The molecule has 0 amide bonds. The van der Waals surface area contributed by atoms with Crippen LogP contribution in [0, 0.1) is 13.8 Å². The highest BCUT2D eigenvalue weighted by Crippen LogP contribution is 2.50. The van der Waals surface area contributed by atoms with Crippen molar-refractivity contribution >= 4 is 111 Å². The number of anilines is 6. The summed E-state index contributed by atoms with van der Waals surface area (Å²) in [6.45, 7) is 18.3. The van der Waals surface area contributed by atoms with Gasteiger partial charge in [0, 0.05) is 59.4 Å². The van der Waals surface area contributed by atoms with E-state index in [1.54, 1.807) is 0 Å². The molecule has 0 N–H and O–H groups in total. The maximum absolute atomic E-state index is 7.35. The number of hydrogen-bond acceptors (Lipinski definition) is 5. The van der Waals surface area contributed by atoms with Crippen LogP contribution in [-0.4, -0.2) is 6.71 Å². The fourth-order valence-corrected chi connectivity index (χ4v) is 12.4. The molecule has 2 aliphatic heterocycles. The molecule has 3 nitrogen and oxygen atoms in total.